The molecule has 0 radical (unpaired) electrons. The maximum absolute atomic E-state index is 12.4. The highest BCUT2D eigenvalue weighted by Gasteiger charge is 2.12. The summed E-state index contributed by atoms with van der Waals surface area (Å²) < 4.78 is 11.6. The molecule has 0 saturated carbocycles. The summed E-state index contributed by atoms with van der Waals surface area (Å²) >= 11 is 0. The number of nitro groups is 1. The zero-order valence-corrected chi connectivity index (χ0v) is 16.7. The van der Waals surface area contributed by atoms with Crippen LogP contribution >= 0.6 is 0 Å². The number of nitrogens with one attached hydrogen (secondary N) is 1. The van der Waals surface area contributed by atoms with Gasteiger partial charge in [-0.15, -0.1) is 0 Å². The fourth-order valence-corrected chi connectivity index (χ4v) is 3.19. The molecule has 0 aliphatic rings. The van der Waals surface area contributed by atoms with Crippen LogP contribution in [0.25, 0.3) is 22.3 Å². The molecule has 0 atom stereocenters. The third kappa shape index (κ3) is 4.37. The summed E-state index contributed by atoms with van der Waals surface area (Å²) in [5, 5.41) is 11.5. The van der Waals surface area contributed by atoms with E-state index in [1.165, 1.54) is 12.1 Å². The van der Waals surface area contributed by atoms with Gasteiger partial charge in [0.1, 0.15) is 12.4 Å². The lowest BCUT2D eigenvalue weighted by molar-refractivity contribution is -0.384. The Morgan fingerprint density at radius 2 is 1.84 bits per heavy atom. The summed E-state index contributed by atoms with van der Waals surface area (Å²) in [6.45, 7) is 2.41. The number of hydrogen-bond donors (Lipinski definition) is 1. The summed E-state index contributed by atoms with van der Waals surface area (Å²) in [5.74, 6) is 1.40. The monoisotopic (exact) mass is 417 g/mol. The highest BCUT2D eigenvalue weighted by Crippen LogP contribution is 2.32. The Hall–Kier alpha value is -4.20. The standard InChI is InChI=1S/C23H19N3O5/c1-2-30-21-13-16(22-24-19-9-4-3-8-18(19)23(27)25-22)10-11-20(21)31-14-15-6-5-7-17(12-15)26(28)29/h3-13H,2,14H2,1H3,(H,24,25,27). The molecule has 0 saturated heterocycles. The number of benzene rings is 3. The predicted molar refractivity (Wildman–Crippen MR) is 116 cm³/mol. The number of nitro benzene ring substituents is 1. The van der Waals surface area contributed by atoms with Gasteiger partial charge < -0.3 is 14.5 Å². The number of ether oxygens (including phenoxy) is 2. The van der Waals surface area contributed by atoms with Gasteiger partial charge in [0.05, 0.1) is 22.4 Å². The first-order valence-electron chi connectivity index (χ1n) is 9.67. The van der Waals surface area contributed by atoms with Gasteiger partial charge in [0.25, 0.3) is 11.2 Å². The van der Waals surface area contributed by atoms with Crippen molar-refractivity contribution in [2.24, 2.45) is 0 Å². The number of aromatic nitrogens is 2. The van der Waals surface area contributed by atoms with Gasteiger partial charge in [-0.1, -0.05) is 24.3 Å². The van der Waals surface area contributed by atoms with Crippen molar-refractivity contribution >= 4 is 16.6 Å². The Morgan fingerprint density at radius 3 is 2.65 bits per heavy atom. The lowest BCUT2D eigenvalue weighted by Crippen LogP contribution is -2.09. The Balaban J connectivity index is 1.63. The quantitative estimate of drug-likeness (QED) is 0.351. The van der Waals surface area contributed by atoms with Crippen LogP contribution in [-0.4, -0.2) is 21.5 Å². The number of H-pyrrole nitrogens is 1. The molecule has 1 N–H and O–H groups in total. The van der Waals surface area contributed by atoms with Crippen molar-refractivity contribution < 1.29 is 14.4 Å². The van der Waals surface area contributed by atoms with Gasteiger partial charge in [-0.25, -0.2) is 4.98 Å². The van der Waals surface area contributed by atoms with Crippen LogP contribution in [-0.2, 0) is 6.61 Å². The van der Waals surface area contributed by atoms with Crippen molar-refractivity contribution in [2.45, 2.75) is 13.5 Å². The van der Waals surface area contributed by atoms with E-state index >= 15 is 0 Å². The fourth-order valence-electron chi connectivity index (χ4n) is 3.19. The number of non-ortho nitro benzene ring substituents is 1. The number of nitrogens with zero attached hydrogens (tertiary/aromatic N) is 2. The van der Waals surface area contributed by atoms with Crippen LogP contribution in [0.15, 0.2) is 71.5 Å². The second-order valence-electron chi connectivity index (χ2n) is 6.74. The van der Waals surface area contributed by atoms with Gasteiger partial charge in [-0.2, -0.15) is 0 Å². The van der Waals surface area contributed by atoms with Crippen molar-refractivity contribution in [2.75, 3.05) is 6.61 Å². The molecule has 0 amide bonds. The molecule has 8 nitrogen and oxygen atoms in total. The fraction of sp³-hybridized carbons (Fsp3) is 0.130. The molecule has 1 aromatic heterocycles. The minimum atomic E-state index is -0.443. The zero-order valence-electron chi connectivity index (χ0n) is 16.7. The highest BCUT2D eigenvalue weighted by molar-refractivity contribution is 5.79. The second kappa shape index (κ2) is 8.66. The first kappa shape index (κ1) is 20.1. The topological polar surface area (TPSA) is 107 Å². The largest absolute Gasteiger partial charge is 0.490 e. The molecule has 0 spiro atoms. The maximum Gasteiger partial charge on any atom is 0.269 e. The van der Waals surface area contributed by atoms with Crippen molar-refractivity contribution in [1.82, 2.24) is 9.97 Å². The minimum absolute atomic E-state index is 0.00723. The Labute approximate surface area is 177 Å². The molecule has 0 fully saturated rings. The predicted octanol–water partition coefficient (Wildman–Crippen LogP) is 4.48. The van der Waals surface area contributed by atoms with E-state index in [9.17, 15) is 14.9 Å². The van der Waals surface area contributed by atoms with Crippen LogP contribution in [0, 0.1) is 10.1 Å². The summed E-state index contributed by atoms with van der Waals surface area (Å²) in [6, 6.07) is 18.7. The van der Waals surface area contributed by atoms with Crippen molar-refractivity contribution in [1.29, 1.82) is 0 Å². The zero-order chi connectivity index (χ0) is 21.8. The van der Waals surface area contributed by atoms with E-state index in [-0.39, 0.29) is 17.9 Å². The number of rotatable bonds is 7. The van der Waals surface area contributed by atoms with Crippen LogP contribution in [0.4, 0.5) is 5.69 Å². The molecule has 0 aliphatic heterocycles. The van der Waals surface area contributed by atoms with E-state index in [1.807, 2.05) is 13.0 Å². The van der Waals surface area contributed by atoms with Gasteiger partial charge >= 0.3 is 0 Å². The molecular weight excluding hydrogens is 398 g/mol. The van der Waals surface area contributed by atoms with Crippen LogP contribution in [0.1, 0.15) is 12.5 Å². The summed E-state index contributed by atoms with van der Waals surface area (Å²) in [5.41, 5.74) is 1.73. The highest BCUT2D eigenvalue weighted by atomic mass is 16.6. The molecule has 31 heavy (non-hydrogen) atoms. The lowest BCUT2D eigenvalue weighted by Gasteiger charge is -2.13. The smallest absolute Gasteiger partial charge is 0.269 e. The lowest BCUT2D eigenvalue weighted by atomic mass is 10.1. The molecule has 0 unspecified atom stereocenters. The van der Waals surface area contributed by atoms with Gasteiger partial charge in [-0.3, -0.25) is 14.9 Å². The third-order valence-corrected chi connectivity index (χ3v) is 4.65. The van der Waals surface area contributed by atoms with E-state index in [2.05, 4.69) is 9.97 Å². The molecular formula is C23H19N3O5. The molecule has 4 rings (SSSR count). The third-order valence-electron chi connectivity index (χ3n) is 4.65. The molecule has 156 valence electrons. The van der Waals surface area contributed by atoms with E-state index < -0.39 is 4.92 Å². The van der Waals surface area contributed by atoms with Crippen molar-refractivity contribution in [3.8, 4) is 22.9 Å². The van der Waals surface area contributed by atoms with Crippen molar-refractivity contribution in [3.63, 3.8) is 0 Å². The van der Waals surface area contributed by atoms with Gasteiger partial charge in [0.2, 0.25) is 0 Å². The minimum Gasteiger partial charge on any atom is -0.490 e. The average Bonchev–Trinajstić information content (AvgIpc) is 2.78. The van der Waals surface area contributed by atoms with E-state index in [0.29, 0.717) is 46.0 Å². The van der Waals surface area contributed by atoms with E-state index in [1.54, 1.807) is 48.5 Å². The normalized spacial score (nSPS) is 10.7. The average molecular weight is 417 g/mol. The SMILES string of the molecule is CCOc1cc(-c2nc3ccccc3c(=O)[nH]2)ccc1OCc1cccc([N+](=O)[O-])c1. The Kier molecular flexibility index (Phi) is 5.61. The molecule has 4 aromatic rings. The molecule has 0 bridgehead atoms. The van der Waals surface area contributed by atoms with Gasteiger partial charge in [0, 0.05) is 17.7 Å². The van der Waals surface area contributed by atoms with E-state index in [4.69, 9.17) is 9.47 Å². The van der Waals surface area contributed by atoms with Crippen LogP contribution in [0.3, 0.4) is 0 Å². The number of fused-ring (bicyclic) bond motifs is 1. The van der Waals surface area contributed by atoms with E-state index in [0.717, 1.165) is 0 Å². The number of hydrogen-bond acceptors (Lipinski definition) is 6. The first-order chi connectivity index (χ1) is 15.0. The molecule has 1 heterocycles. The molecule has 8 heteroatoms. The second-order valence-corrected chi connectivity index (χ2v) is 6.74. The van der Waals surface area contributed by atoms with Crippen molar-refractivity contribution in [3.05, 3.63) is 92.8 Å². The molecule has 0 aliphatic carbocycles. The van der Waals surface area contributed by atoms with Crippen LogP contribution < -0.4 is 15.0 Å². The van der Waals surface area contributed by atoms with Crippen LogP contribution in [0.2, 0.25) is 0 Å². The van der Waals surface area contributed by atoms with Crippen LogP contribution in [0.5, 0.6) is 11.5 Å². The Bertz CT molecular complexity index is 1320. The summed E-state index contributed by atoms with van der Waals surface area (Å²) in [6.07, 6.45) is 0. The summed E-state index contributed by atoms with van der Waals surface area (Å²) in [4.78, 5) is 30.2. The number of para-hydroxylation sites is 1. The number of aromatic amines is 1. The first-order valence-corrected chi connectivity index (χ1v) is 9.67. The summed E-state index contributed by atoms with van der Waals surface area (Å²) in [7, 11) is 0. The van der Waals surface area contributed by atoms with Gasteiger partial charge in [-0.05, 0) is 42.8 Å². The molecule has 3 aromatic carbocycles. The van der Waals surface area contributed by atoms with Gasteiger partial charge in [0.15, 0.2) is 11.5 Å². The Morgan fingerprint density at radius 1 is 1.00 bits per heavy atom. The maximum atomic E-state index is 12.4.